The highest BCUT2D eigenvalue weighted by Crippen LogP contribution is 2.38. The minimum Gasteiger partial charge on any atom is -0.374 e. The zero-order chi connectivity index (χ0) is 15.6. The van der Waals surface area contributed by atoms with Crippen LogP contribution in [0.4, 0.5) is 0 Å². The normalized spacial score (nSPS) is 32.5. The summed E-state index contributed by atoms with van der Waals surface area (Å²) in [4.78, 5) is 2.90. The topological polar surface area (TPSA) is 85.7 Å². The Labute approximate surface area is 128 Å². The van der Waals surface area contributed by atoms with E-state index in [-0.39, 0.29) is 6.10 Å². The summed E-state index contributed by atoms with van der Waals surface area (Å²) in [6.45, 7) is 4.41. The molecule has 0 amide bonds. The van der Waals surface area contributed by atoms with E-state index < -0.39 is 24.2 Å². The number of rotatable bonds is 5. The molecule has 0 aliphatic carbocycles. The molecule has 4 atom stereocenters. The molecule has 0 aromatic heterocycles. The molecule has 0 bridgehead atoms. The molecule has 2 aliphatic heterocycles. The molecule has 1 aromatic rings. The van der Waals surface area contributed by atoms with Gasteiger partial charge in [0.2, 0.25) is 0 Å². The average Bonchev–Trinajstić information content (AvgIpc) is 2.94. The predicted molar refractivity (Wildman–Crippen MR) is 77.7 cm³/mol. The maximum Gasteiger partial charge on any atom is 0.188 e. The largest absolute Gasteiger partial charge is 0.374 e. The molecule has 1 unspecified atom stereocenters. The highest BCUT2D eigenvalue weighted by molar-refractivity contribution is 5.13. The third-order valence-electron chi connectivity index (χ3n) is 3.69. The van der Waals surface area contributed by atoms with Crippen molar-refractivity contribution in [2.75, 3.05) is 6.61 Å². The minimum absolute atomic E-state index is 0.318. The Bertz CT molecular complexity index is 559. The summed E-state index contributed by atoms with van der Waals surface area (Å²) in [6, 6.07) is 9.41. The van der Waals surface area contributed by atoms with Crippen LogP contribution in [-0.4, -0.2) is 36.9 Å². The molecular formula is C15H19N3O4. The predicted octanol–water partition coefficient (Wildman–Crippen LogP) is 2.76. The Kier molecular flexibility index (Phi) is 4.33. The zero-order valence-corrected chi connectivity index (χ0v) is 12.6. The van der Waals surface area contributed by atoms with Gasteiger partial charge in [0, 0.05) is 4.91 Å². The molecule has 118 valence electrons. The Morgan fingerprint density at radius 1 is 1.27 bits per heavy atom. The van der Waals surface area contributed by atoms with Crippen molar-refractivity contribution >= 4 is 0 Å². The number of benzene rings is 1. The summed E-state index contributed by atoms with van der Waals surface area (Å²) in [5.41, 5.74) is 9.84. The van der Waals surface area contributed by atoms with Crippen molar-refractivity contribution < 1.29 is 18.9 Å². The van der Waals surface area contributed by atoms with Crippen LogP contribution in [0.25, 0.3) is 10.4 Å². The van der Waals surface area contributed by atoms with E-state index in [1.54, 1.807) is 0 Å². The standard InChI is InChI=1S/C15H19N3O4/c1-15(2)21-13-12(17-18-16)11(20-14(13)22-15)9-19-8-10-6-4-3-5-7-10/h3-7,11-14H,8-9H2,1-2H3/t11-,12+,13?,14-/m1/s1. The average molecular weight is 305 g/mol. The highest BCUT2D eigenvalue weighted by atomic mass is 16.8. The van der Waals surface area contributed by atoms with Crippen LogP contribution >= 0.6 is 0 Å². The highest BCUT2D eigenvalue weighted by Gasteiger charge is 2.54. The molecule has 7 heteroatoms. The fourth-order valence-electron chi connectivity index (χ4n) is 2.76. The number of fused-ring (bicyclic) bond motifs is 1. The van der Waals surface area contributed by atoms with Gasteiger partial charge in [0.15, 0.2) is 12.1 Å². The first kappa shape index (κ1) is 15.3. The van der Waals surface area contributed by atoms with Crippen LogP contribution in [0.15, 0.2) is 35.4 Å². The second kappa shape index (κ2) is 6.24. The van der Waals surface area contributed by atoms with Gasteiger partial charge in [0.05, 0.1) is 25.4 Å². The van der Waals surface area contributed by atoms with Gasteiger partial charge in [0.1, 0.15) is 6.10 Å². The molecule has 0 saturated carbocycles. The van der Waals surface area contributed by atoms with Gasteiger partial charge < -0.3 is 18.9 Å². The summed E-state index contributed by atoms with van der Waals surface area (Å²) in [7, 11) is 0. The van der Waals surface area contributed by atoms with Crippen LogP contribution in [-0.2, 0) is 25.6 Å². The molecule has 22 heavy (non-hydrogen) atoms. The molecule has 2 heterocycles. The molecule has 3 rings (SSSR count). The molecule has 2 saturated heterocycles. The van der Waals surface area contributed by atoms with Crippen LogP contribution in [0.3, 0.4) is 0 Å². The second-order valence-electron chi connectivity index (χ2n) is 5.84. The summed E-state index contributed by atoms with van der Waals surface area (Å²) < 4.78 is 22.9. The third kappa shape index (κ3) is 3.24. The monoisotopic (exact) mass is 305 g/mol. The van der Waals surface area contributed by atoms with E-state index in [0.717, 1.165) is 5.56 Å². The molecule has 2 fully saturated rings. The second-order valence-corrected chi connectivity index (χ2v) is 5.84. The van der Waals surface area contributed by atoms with Gasteiger partial charge >= 0.3 is 0 Å². The Morgan fingerprint density at radius 3 is 2.77 bits per heavy atom. The Morgan fingerprint density at radius 2 is 2.05 bits per heavy atom. The van der Waals surface area contributed by atoms with Gasteiger partial charge in [-0.25, -0.2) is 0 Å². The fraction of sp³-hybridized carbons (Fsp3) is 0.600. The SMILES string of the molecule is CC1(C)OC2[C@H](O[C@H](COCc3ccccc3)[C@@H]2N=[N+]=[N-])O1. The van der Waals surface area contributed by atoms with Crippen molar-refractivity contribution in [1.82, 2.24) is 0 Å². The summed E-state index contributed by atoms with van der Waals surface area (Å²) >= 11 is 0. The quantitative estimate of drug-likeness (QED) is 0.475. The maximum absolute atomic E-state index is 8.76. The Balaban J connectivity index is 1.58. The number of hydrogen-bond donors (Lipinski definition) is 0. The Hall–Kier alpha value is -1.63. The van der Waals surface area contributed by atoms with E-state index in [1.807, 2.05) is 44.2 Å². The number of nitrogens with zero attached hydrogens (tertiary/aromatic N) is 3. The fourth-order valence-corrected chi connectivity index (χ4v) is 2.76. The molecule has 0 N–H and O–H groups in total. The van der Waals surface area contributed by atoms with Crippen molar-refractivity contribution in [3.63, 3.8) is 0 Å². The van der Waals surface area contributed by atoms with E-state index in [4.69, 9.17) is 24.5 Å². The van der Waals surface area contributed by atoms with Crippen LogP contribution in [0.1, 0.15) is 19.4 Å². The molecule has 7 nitrogen and oxygen atoms in total. The third-order valence-corrected chi connectivity index (χ3v) is 3.69. The summed E-state index contributed by atoms with van der Waals surface area (Å²) in [5.74, 6) is -0.728. The number of azide groups is 1. The van der Waals surface area contributed by atoms with Crippen LogP contribution in [0.5, 0.6) is 0 Å². The van der Waals surface area contributed by atoms with Crippen LogP contribution < -0.4 is 0 Å². The molecular weight excluding hydrogens is 286 g/mol. The first-order chi connectivity index (χ1) is 10.6. The lowest BCUT2D eigenvalue weighted by molar-refractivity contribution is -0.211. The van der Waals surface area contributed by atoms with Crippen molar-refractivity contribution in [3.05, 3.63) is 46.3 Å². The minimum atomic E-state index is -0.728. The van der Waals surface area contributed by atoms with Crippen LogP contribution in [0.2, 0.25) is 0 Å². The number of ether oxygens (including phenoxy) is 4. The van der Waals surface area contributed by atoms with Crippen molar-refractivity contribution in [3.8, 4) is 0 Å². The van der Waals surface area contributed by atoms with Crippen molar-refractivity contribution in [1.29, 1.82) is 0 Å². The zero-order valence-electron chi connectivity index (χ0n) is 12.6. The molecule has 0 spiro atoms. The number of hydrogen-bond acceptors (Lipinski definition) is 5. The lowest BCUT2D eigenvalue weighted by Crippen LogP contribution is -2.35. The van der Waals surface area contributed by atoms with E-state index >= 15 is 0 Å². The summed E-state index contributed by atoms with van der Waals surface area (Å²) in [5, 5.41) is 3.81. The first-order valence-corrected chi connectivity index (χ1v) is 7.26. The van der Waals surface area contributed by atoms with E-state index in [9.17, 15) is 0 Å². The maximum atomic E-state index is 8.76. The van der Waals surface area contributed by atoms with Crippen LogP contribution in [0, 0.1) is 0 Å². The molecule has 2 aliphatic rings. The van der Waals surface area contributed by atoms with Gasteiger partial charge in [0.25, 0.3) is 0 Å². The van der Waals surface area contributed by atoms with E-state index in [0.29, 0.717) is 13.2 Å². The smallest absolute Gasteiger partial charge is 0.188 e. The van der Waals surface area contributed by atoms with Crippen molar-refractivity contribution in [2.45, 2.75) is 50.8 Å². The van der Waals surface area contributed by atoms with Gasteiger partial charge in [-0.15, -0.1) is 0 Å². The summed E-state index contributed by atoms with van der Waals surface area (Å²) in [6.07, 6.45) is -1.28. The lowest BCUT2D eigenvalue weighted by Gasteiger charge is -2.23. The van der Waals surface area contributed by atoms with Gasteiger partial charge in [-0.3, -0.25) is 0 Å². The first-order valence-electron chi connectivity index (χ1n) is 7.26. The van der Waals surface area contributed by atoms with Gasteiger partial charge in [-0.1, -0.05) is 35.4 Å². The molecule has 1 aromatic carbocycles. The van der Waals surface area contributed by atoms with E-state index in [1.165, 1.54) is 0 Å². The van der Waals surface area contributed by atoms with Crippen molar-refractivity contribution in [2.24, 2.45) is 5.11 Å². The molecule has 0 radical (unpaired) electrons. The van der Waals surface area contributed by atoms with Gasteiger partial charge in [-0.2, -0.15) is 0 Å². The lowest BCUT2D eigenvalue weighted by atomic mass is 10.1. The van der Waals surface area contributed by atoms with E-state index in [2.05, 4.69) is 10.0 Å². The van der Waals surface area contributed by atoms with Gasteiger partial charge in [-0.05, 0) is 24.9 Å².